The van der Waals surface area contributed by atoms with E-state index >= 15 is 0 Å². The summed E-state index contributed by atoms with van der Waals surface area (Å²) >= 11 is 1.51. The highest BCUT2D eigenvalue weighted by Crippen LogP contribution is 2.46. The number of carbonyl (C=O) groups excluding carboxylic acids is 2. The molecule has 2 saturated carbocycles. The van der Waals surface area contributed by atoms with Gasteiger partial charge in [0.2, 0.25) is 5.91 Å². The van der Waals surface area contributed by atoms with Crippen molar-refractivity contribution in [2.24, 2.45) is 23.7 Å². The summed E-state index contributed by atoms with van der Waals surface area (Å²) in [7, 11) is 0. The van der Waals surface area contributed by atoms with E-state index in [1.165, 1.54) is 16.2 Å². The first-order valence-corrected chi connectivity index (χ1v) is 12.5. The second-order valence-electron chi connectivity index (χ2n) is 9.54. The van der Waals surface area contributed by atoms with Crippen LogP contribution in [0.3, 0.4) is 0 Å². The smallest absolute Gasteiger partial charge is 0.307 e. The van der Waals surface area contributed by atoms with Crippen molar-refractivity contribution in [1.82, 2.24) is 5.32 Å². The number of aliphatic carboxylic acids is 1. The average molecular weight is 443 g/mol. The lowest BCUT2D eigenvalue weighted by molar-refractivity contribution is -0.151. The van der Waals surface area contributed by atoms with Crippen molar-refractivity contribution >= 4 is 34.1 Å². The number of amides is 2. The van der Waals surface area contributed by atoms with Crippen molar-refractivity contribution in [3.63, 3.8) is 0 Å². The summed E-state index contributed by atoms with van der Waals surface area (Å²) in [6.07, 6.45) is 13.9. The van der Waals surface area contributed by atoms with Crippen LogP contribution in [-0.2, 0) is 22.4 Å². The maximum absolute atomic E-state index is 13.4. The Hall–Kier alpha value is -2.15. The summed E-state index contributed by atoms with van der Waals surface area (Å²) < 4.78 is 0. The van der Waals surface area contributed by atoms with Crippen molar-refractivity contribution in [3.05, 3.63) is 28.2 Å². The van der Waals surface area contributed by atoms with E-state index in [0.29, 0.717) is 10.6 Å². The largest absolute Gasteiger partial charge is 0.481 e. The number of carboxylic acid groups (broad SMARTS) is 1. The summed E-state index contributed by atoms with van der Waals surface area (Å²) in [5.74, 6) is -2.62. The molecule has 5 aliphatic rings. The van der Waals surface area contributed by atoms with Crippen LogP contribution >= 0.6 is 11.3 Å². The molecule has 3 N–H and O–H groups in total. The monoisotopic (exact) mass is 442 g/mol. The molecule has 2 fully saturated rings. The van der Waals surface area contributed by atoms with Crippen molar-refractivity contribution in [3.8, 4) is 0 Å². The maximum atomic E-state index is 13.4. The minimum atomic E-state index is -0.899. The molecule has 0 spiro atoms. The Morgan fingerprint density at radius 2 is 1.58 bits per heavy atom. The van der Waals surface area contributed by atoms with Gasteiger partial charge in [-0.2, -0.15) is 0 Å². The predicted molar refractivity (Wildman–Crippen MR) is 119 cm³/mol. The molecule has 5 aliphatic carbocycles. The Bertz CT molecular complexity index is 930. The molecule has 0 aromatic carbocycles. The number of anilines is 1. The lowest BCUT2D eigenvalue weighted by Crippen LogP contribution is -2.47. The van der Waals surface area contributed by atoms with E-state index in [1.54, 1.807) is 0 Å². The Labute approximate surface area is 186 Å². The van der Waals surface area contributed by atoms with Gasteiger partial charge in [0.05, 0.1) is 17.4 Å². The van der Waals surface area contributed by atoms with Gasteiger partial charge in [0.25, 0.3) is 5.91 Å². The summed E-state index contributed by atoms with van der Waals surface area (Å²) in [5, 5.41) is 16.6. The standard InChI is InChI=1S/C24H30N2O4S/c27-21(18-13-9-11-14(12-10-13)19(18)24(29)30)26-23-20(16-7-3-4-8-17(16)31-23)22(28)25-15-5-1-2-6-15/h9,11,13-15,18-19H,1-8,10,12H2,(H,25,28)(H,26,27)(H,29,30)/t13-,14-,18-,19-/m0/s1. The molecule has 1 heterocycles. The lowest BCUT2D eigenvalue weighted by atomic mass is 9.62. The van der Waals surface area contributed by atoms with Crippen LogP contribution in [0.5, 0.6) is 0 Å². The van der Waals surface area contributed by atoms with Crippen LogP contribution in [0.4, 0.5) is 5.00 Å². The molecule has 1 aromatic rings. The van der Waals surface area contributed by atoms with Crippen LogP contribution in [0.25, 0.3) is 0 Å². The summed E-state index contributed by atoms with van der Waals surface area (Å²) in [6.45, 7) is 0. The molecule has 0 unspecified atom stereocenters. The molecule has 2 bridgehead atoms. The number of allylic oxidation sites excluding steroid dienone is 2. The van der Waals surface area contributed by atoms with Gasteiger partial charge < -0.3 is 15.7 Å². The molecule has 6 rings (SSSR count). The first-order chi connectivity index (χ1) is 15.0. The number of fused-ring (bicyclic) bond motifs is 3. The third kappa shape index (κ3) is 3.81. The Morgan fingerprint density at radius 3 is 2.26 bits per heavy atom. The summed E-state index contributed by atoms with van der Waals surface area (Å²) in [5.41, 5.74) is 1.71. The number of nitrogens with one attached hydrogen (secondary N) is 2. The second kappa shape index (κ2) is 8.41. The predicted octanol–water partition coefficient (Wildman–Crippen LogP) is 4.15. The van der Waals surface area contributed by atoms with Crippen molar-refractivity contribution in [1.29, 1.82) is 0 Å². The number of thiophene rings is 1. The molecular formula is C24H30N2O4S. The minimum absolute atomic E-state index is 0.0450. The third-order valence-corrected chi connectivity index (χ3v) is 8.87. The van der Waals surface area contributed by atoms with E-state index in [0.717, 1.165) is 69.8 Å². The zero-order valence-corrected chi connectivity index (χ0v) is 18.5. The quantitative estimate of drug-likeness (QED) is 0.597. The minimum Gasteiger partial charge on any atom is -0.481 e. The van der Waals surface area contributed by atoms with Gasteiger partial charge in [-0.3, -0.25) is 14.4 Å². The number of hydrogen-bond donors (Lipinski definition) is 3. The number of aryl methyl sites for hydroxylation is 1. The van der Waals surface area contributed by atoms with Crippen LogP contribution in [0, 0.1) is 23.7 Å². The van der Waals surface area contributed by atoms with E-state index in [2.05, 4.69) is 10.6 Å². The highest BCUT2D eigenvalue weighted by molar-refractivity contribution is 7.17. The second-order valence-corrected chi connectivity index (χ2v) is 10.6. The van der Waals surface area contributed by atoms with Gasteiger partial charge in [0, 0.05) is 10.9 Å². The number of carbonyl (C=O) groups is 3. The van der Waals surface area contributed by atoms with Crippen LogP contribution in [0.15, 0.2) is 12.2 Å². The highest BCUT2D eigenvalue weighted by atomic mass is 32.1. The fourth-order valence-corrected chi connectivity index (χ4v) is 7.39. The van der Waals surface area contributed by atoms with E-state index in [1.807, 2.05) is 12.2 Å². The van der Waals surface area contributed by atoms with Gasteiger partial charge in [-0.15, -0.1) is 11.3 Å². The number of hydrogen-bond acceptors (Lipinski definition) is 4. The Kier molecular flexibility index (Phi) is 5.63. The molecule has 7 heteroatoms. The zero-order valence-electron chi connectivity index (χ0n) is 17.7. The molecule has 166 valence electrons. The van der Waals surface area contributed by atoms with Crippen molar-refractivity contribution in [2.45, 2.75) is 70.3 Å². The molecule has 6 nitrogen and oxygen atoms in total. The molecule has 2 amide bonds. The fourth-order valence-electron chi connectivity index (χ4n) is 6.11. The van der Waals surface area contributed by atoms with Gasteiger partial charge in [-0.1, -0.05) is 25.0 Å². The molecule has 0 radical (unpaired) electrons. The van der Waals surface area contributed by atoms with Gasteiger partial charge in [0.15, 0.2) is 0 Å². The topological polar surface area (TPSA) is 95.5 Å². The summed E-state index contributed by atoms with van der Waals surface area (Å²) in [6, 6.07) is 0.214. The van der Waals surface area contributed by atoms with E-state index in [4.69, 9.17) is 0 Å². The van der Waals surface area contributed by atoms with Gasteiger partial charge >= 0.3 is 5.97 Å². The van der Waals surface area contributed by atoms with E-state index in [-0.39, 0.29) is 29.7 Å². The fraction of sp³-hybridized carbons (Fsp3) is 0.625. The number of rotatable bonds is 5. The van der Waals surface area contributed by atoms with Gasteiger partial charge in [-0.25, -0.2) is 0 Å². The Morgan fingerprint density at radius 1 is 0.903 bits per heavy atom. The summed E-state index contributed by atoms with van der Waals surface area (Å²) in [4.78, 5) is 39.8. The molecule has 31 heavy (non-hydrogen) atoms. The van der Waals surface area contributed by atoms with Crippen LogP contribution < -0.4 is 10.6 Å². The van der Waals surface area contributed by atoms with E-state index < -0.39 is 17.8 Å². The zero-order chi connectivity index (χ0) is 21.5. The molecule has 0 aliphatic heterocycles. The van der Waals surface area contributed by atoms with Crippen LogP contribution in [0.2, 0.25) is 0 Å². The van der Waals surface area contributed by atoms with Gasteiger partial charge in [-0.05, 0) is 68.8 Å². The average Bonchev–Trinajstić information content (AvgIpc) is 3.40. The first-order valence-electron chi connectivity index (χ1n) is 11.7. The van der Waals surface area contributed by atoms with Crippen molar-refractivity contribution < 1.29 is 19.5 Å². The number of carboxylic acids is 1. The molecule has 0 saturated heterocycles. The first kappa shape index (κ1) is 20.7. The van der Waals surface area contributed by atoms with Crippen molar-refractivity contribution in [2.75, 3.05) is 5.32 Å². The molecule has 4 atom stereocenters. The van der Waals surface area contributed by atoms with Crippen LogP contribution in [-0.4, -0.2) is 28.9 Å². The normalized spacial score (nSPS) is 29.5. The van der Waals surface area contributed by atoms with Gasteiger partial charge in [0.1, 0.15) is 5.00 Å². The third-order valence-electron chi connectivity index (χ3n) is 7.66. The highest BCUT2D eigenvalue weighted by Gasteiger charge is 2.48. The maximum Gasteiger partial charge on any atom is 0.307 e. The molecular weight excluding hydrogens is 412 g/mol. The SMILES string of the molecule is O=C(NC1CCCC1)c1c(NC(=O)[C@@H]2[C@@H](C(=O)O)[C@H]3C=C[C@H]2CC3)sc2c1CCCC2. The Balaban J connectivity index is 1.42. The van der Waals surface area contributed by atoms with Crippen LogP contribution in [0.1, 0.15) is 72.2 Å². The lowest BCUT2D eigenvalue weighted by Gasteiger charge is -2.41. The van der Waals surface area contributed by atoms with E-state index in [9.17, 15) is 19.5 Å². The molecule has 1 aromatic heterocycles.